The van der Waals surface area contributed by atoms with Gasteiger partial charge in [-0.05, 0) is 106 Å². The molecule has 48 heavy (non-hydrogen) atoms. The Morgan fingerprint density at radius 2 is 1.04 bits per heavy atom. The van der Waals surface area contributed by atoms with Gasteiger partial charge in [-0.2, -0.15) is 0 Å². The van der Waals surface area contributed by atoms with Crippen LogP contribution in [-0.2, 0) is 5.41 Å². The van der Waals surface area contributed by atoms with Gasteiger partial charge in [0.1, 0.15) is 0 Å². The van der Waals surface area contributed by atoms with Crippen LogP contribution < -0.4 is 0 Å². The first kappa shape index (κ1) is 26.9. The zero-order valence-corrected chi connectivity index (χ0v) is 26.8. The van der Waals surface area contributed by atoms with E-state index in [4.69, 9.17) is 15.0 Å². The van der Waals surface area contributed by atoms with E-state index in [1.165, 1.54) is 65.0 Å². The van der Waals surface area contributed by atoms with Gasteiger partial charge in [-0.1, -0.05) is 121 Å². The maximum absolute atomic E-state index is 5.28. The highest BCUT2D eigenvalue weighted by molar-refractivity contribution is 5.99. The van der Waals surface area contributed by atoms with Gasteiger partial charge < -0.3 is 0 Å². The lowest BCUT2D eigenvalue weighted by atomic mass is 9.43. The Hall–Kier alpha value is -5.15. The summed E-state index contributed by atoms with van der Waals surface area (Å²) in [6.45, 7) is 0. The first-order valence-electron chi connectivity index (χ1n) is 17.7. The number of hydrogen-bond acceptors (Lipinski definition) is 3. The Morgan fingerprint density at radius 3 is 1.81 bits per heavy atom. The van der Waals surface area contributed by atoms with E-state index in [0.29, 0.717) is 17.7 Å². The first-order chi connectivity index (χ1) is 23.7. The van der Waals surface area contributed by atoms with Gasteiger partial charge in [0, 0.05) is 22.1 Å². The second-order valence-corrected chi connectivity index (χ2v) is 14.8. The quantitative estimate of drug-likeness (QED) is 0.198. The zero-order valence-electron chi connectivity index (χ0n) is 26.8. The number of nitrogens with zero attached hydrogens (tertiary/aromatic N) is 3. The van der Waals surface area contributed by atoms with E-state index in [0.717, 1.165) is 45.6 Å². The molecule has 0 unspecified atom stereocenters. The monoisotopic (exact) mass is 617 g/mol. The minimum atomic E-state index is 0.0444. The lowest BCUT2D eigenvalue weighted by Gasteiger charge is -2.61. The lowest BCUT2D eigenvalue weighted by Crippen LogP contribution is -2.55. The van der Waals surface area contributed by atoms with Crippen LogP contribution in [0.1, 0.15) is 43.2 Å². The minimum absolute atomic E-state index is 0.0444. The normalized spacial score (nSPS) is 24.8. The second-order valence-electron chi connectivity index (χ2n) is 14.8. The number of rotatable bonds is 3. The lowest BCUT2D eigenvalue weighted by molar-refractivity contribution is -0.0393. The molecular formula is C45H35N3. The van der Waals surface area contributed by atoms with Crippen molar-refractivity contribution in [2.45, 2.75) is 37.5 Å². The molecule has 5 aliphatic rings. The molecule has 4 fully saturated rings. The van der Waals surface area contributed by atoms with Gasteiger partial charge in [0.05, 0.1) is 0 Å². The molecule has 0 amide bonds. The van der Waals surface area contributed by atoms with Crippen LogP contribution in [0.4, 0.5) is 0 Å². The Morgan fingerprint density at radius 1 is 0.438 bits per heavy atom. The van der Waals surface area contributed by atoms with Crippen LogP contribution in [0.25, 0.3) is 66.8 Å². The highest BCUT2D eigenvalue weighted by atomic mass is 15.0. The van der Waals surface area contributed by atoms with Crippen LogP contribution in [0.2, 0.25) is 0 Å². The van der Waals surface area contributed by atoms with E-state index in [-0.39, 0.29) is 5.41 Å². The van der Waals surface area contributed by atoms with Crippen LogP contribution in [0.15, 0.2) is 127 Å². The van der Waals surface area contributed by atoms with Crippen LogP contribution in [0, 0.1) is 23.7 Å². The van der Waals surface area contributed by atoms with Crippen molar-refractivity contribution >= 4 is 21.5 Å². The van der Waals surface area contributed by atoms with E-state index < -0.39 is 0 Å². The fourth-order valence-corrected chi connectivity index (χ4v) is 10.9. The van der Waals surface area contributed by atoms with E-state index in [2.05, 4.69) is 121 Å². The van der Waals surface area contributed by atoms with Gasteiger partial charge in [-0.25, -0.2) is 15.0 Å². The Kier molecular flexibility index (Phi) is 5.56. The van der Waals surface area contributed by atoms with E-state index in [9.17, 15) is 0 Å². The molecule has 3 nitrogen and oxygen atoms in total. The summed E-state index contributed by atoms with van der Waals surface area (Å²) in [4.78, 5) is 15.6. The Labute approximate surface area is 280 Å². The van der Waals surface area contributed by atoms with Crippen LogP contribution in [0.3, 0.4) is 0 Å². The third-order valence-corrected chi connectivity index (χ3v) is 12.5. The SMILES string of the molecule is c1ccc(-c2nc(-c3ccc4c(c3)C3(c5c-4ccc4ccccc54)C4CC5CC(C4)CC3C5)nc(-c3cccc4ccccc34)n2)cc1. The van der Waals surface area contributed by atoms with E-state index >= 15 is 0 Å². The van der Waals surface area contributed by atoms with Crippen LogP contribution >= 0.6 is 0 Å². The topological polar surface area (TPSA) is 38.7 Å². The van der Waals surface area contributed by atoms with Crippen molar-refractivity contribution in [3.63, 3.8) is 0 Å². The fourth-order valence-electron chi connectivity index (χ4n) is 10.9. The van der Waals surface area contributed by atoms with Crippen molar-refractivity contribution in [1.82, 2.24) is 15.0 Å². The van der Waals surface area contributed by atoms with Crippen molar-refractivity contribution < 1.29 is 0 Å². The third kappa shape index (κ3) is 3.68. The molecule has 0 atom stereocenters. The molecule has 5 aliphatic carbocycles. The molecular weight excluding hydrogens is 583 g/mol. The molecule has 4 saturated carbocycles. The number of benzene rings is 6. The van der Waals surface area contributed by atoms with Gasteiger partial charge in [-0.15, -0.1) is 0 Å². The van der Waals surface area contributed by atoms with Crippen LogP contribution in [-0.4, -0.2) is 15.0 Å². The summed E-state index contributed by atoms with van der Waals surface area (Å²) in [7, 11) is 0. The zero-order chi connectivity index (χ0) is 31.4. The molecule has 6 aromatic carbocycles. The van der Waals surface area contributed by atoms with Crippen LogP contribution in [0.5, 0.6) is 0 Å². The summed E-state index contributed by atoms with van der Waals surface area (Å²) in [6.07, 6.45) is 6.87. The summed E-state index contributed by atoms with van der Waals surface area (Å²) in [5.41, 5.74) is 9.15. The van der Waals surface area contributed by atoms with Crippen molar-refractivity contribution in [3.8, 4) is 45.3 Å². The Balaban J connectivity index is 1.16. The van der Waals surface area contributed by atoms with Crippen molar-refractivity contribution in [3.05, 3.63) is 139 Å². The molecule has 0 saturated heterocycles. The fraction of sp³-hybridized carbons (Fsp3) is 0.222. The molecule has 1 aromatic heterocycles. The number of fused-ring (bicyclic) bond motifs is 6. The molecule has 0 radical (unpaired) electrons. The summed E-state index contributed by atoms with van der Waals surface area (Å²) in [5, 5.41) is 5.15. The average Bonchev–Trinajstić information content (AvgIpc) is 3.44. The molecule has 4 bridgehead atoms. The van der Waals surface area contributed by atoms with Gasteiger partial charge >= 0.3 is 0 Å². The maximum atomic E-state index is 5.28. The minimum Gasteiger partial charge on any atom is -0.208 e. The number of aromatic nitrogens is 3. The summed E-state index contributed by atoms with van der Waals surface area (Å²) < 4.78 is 0. The van der Waals surface area contributed by atoms with Gasteiger partial charge in [0.25, 0.3) is 0 Å². The Bertz CT molecular complexity index is 2390. The predicted molar refractivity (Wildman–Crippen MR) is 194 cm³/mol. The van der Waals surface area contributed by atoms with Crippen molar-refractivity contribution in [2.24, 2.45) is 23.7 Å². The molecule has 7 aromatic rings. The van der Waals surface area contributed by atoms with Crippen molar-refractivity contribution in [1.29, 1.82) is 0 Å². The molecule has 0 aliphatic heterocycles. The smallest absolute Gasteiger partial charge is 0.164 e. The largest absolute Gasteiger partial charge is 0.208 e. The van der Waals surface area contributed by atoms with E-state index in [1.54, 1.807) is 5.56 Å². The molecule has 3 heteroatoms. The summed E-state index contributed by atoms with van der Waals surface area (Å²) >= 11 is 0. The third-order valence-electron chi connectivity index (χ3n) is 12.5. The highest BCUT2D eigenvalue weighted by Crippen LogP contribution is 2.70. The van der Waals surface area contributed by atoms with E-state index in [1.807, 2.05) is 6.07 Å². The summed E-state index contributed by atoms with van der Waals surface area (Å²) in [5.74, 6) is 5.32. The average molecular weight is 618 g/mol. The molecule has 230 valence electrons. The van der Waals surface area contributed by atoms with Gasteiger partial charge in [0.15, 0.2) is 17.5 Å². The predicted octanol–water partition coefficient (Wildman–Crippen LogP) is 10.9. The van der Waals surface area contributed by atoms with Gasteiger partial charge in [-0.3, -0.25) is 0 Å². The standard InChI is InChI=1S/C45H35N3/c1-2-11-31(12-3-1)42-46-43(48-44(47-42)39-16-8-13-29-9-4-6-14-35(29)39)32-18-19-37-38-20-17-30-10-5-7-15-36(30)41(38)45(40(37)26-32)33-22-27-21-28(24-33)25-34(45)23-27/h1-20,26-28,33-34H,21-25H2. The highest BCUT2D eigenvalue weighted by Gasteiger charge is 2.62. The second kappa shape index (κ2) is 9.93. The molecule has 1 heterocycles. The summed E-state index contributed by atoms with van der Waals surface area (Å²) in [6, 6.07) is 46.3. The molecule has 1 spiro atoms. The molecule has 12 rings (SSSR count). The molecule has 0 N–H and O–H groups in total. The maximum Gasteiger partial charge on any atom is 0.164 e. The van der Waals surface area contributed by atoms with Crippen molar-refractivity contribution in [2.75, 3.05) is 0 Å². The first-order valence-corrected chi connectivity index (χ1v) is 17.7. The van der Waals surface area contributed by atoms with Gasteiger partial charge in [0.2, 0.25) is 0 Å². The number of hydrogen-bond donors (Lipinski definition) is 0.